The zero-order valence-electron chi connectivity index (χ0n) is 12.4. The quantitative estimate of drug-likeness (QED) is 0.887. The molecule has 6 nitrogen and oxygen atoms in total. The van der Waals surface area contributed by atoms with Crippen molar-refractivity contribution in [3.63, 3.8) is 0 Å². The van der Waals surface area contributed by atoms with Gasteiger partial charge in [-0.3, -0.25) is 10.1 Å². The van der Waals surface area contributed by atoms with Gasteiger partial charge in [0.2, 0.25) is 0 Å². The first kappa shape index (κ1) is 16.0. The highest BCUT2D eigenvalue weighted by Gasteiger charge is 2.15. The average molecular weight is 319 g/mol. The Balaban J connectivity index is 2.06. The Morgan fingerprint density at radius 2 is 2.00 bits per heavy atom. The van der Waals surface area contributed by atoms with Crippen molar-refractivity contribution >= 4 is 28.3 Å². The average Bonchev–Trinajstić information content (AvgIpc) is 2.86. The molecule has 0 aliphatic heterocycles. The maximum absolute atomic E-state index is 12.0. The van der Waals surface area contributed by atoms with Crippen molar-refractivity contribution in [3.8, 4) is 10.6 Å². The van der Waals surface area contributed by atoms with Crippen molar-refractivity contribution in [1.29, 1.82) is 0 Å². The molecule has 0 fully saturated rings. The van der Waals surface area contributed by atoms with Crippen LogP contribution in [0.1, 0.15) is 12.1 Å². The minimum absolute atomic E-state index is 0.0825. The number of anilines is 1. The molecular weight excluding hydrogens is 302 g/mol. The van der Waals surface area contributed by atoms with Gasteiger partial charge in [-0.1, -0.05) is 41.7 Å². The van der Waals surface area contributed by atoms with Gasteiger partial charge in [0.25, 0.3) is 0 Å². The monoisotopic (exact) mass is 319 g/mol. The Bertz CT molecular complexity index is 670. The molecule has 116 valence electrons. The van der Waals surface area contributed by atoms with E-state index in [0.29, 0.717) is 5.00 Å². The molecule has 0 saturated carbocycles. The van der Waals surface area contributed by atoms with Crippen LogP contribution in [0.25, 0.3) is 10.6 Å². The lowest BCUT2D eigenvalue weighted by Crippen LogP contribution is -2.33. The minimum Gasteiger partial charge on any atom is -0.481 e. The number of rotatable bonds is 5. The van der Waals surface area contributed by atoms with E-state index in [-0.39, 0.29) is 19.0 Å². The van der Waals surface area contributed by atoms with E-state index in [9.17, 15) is 9.59 Å². The summed E-state index contributed by atoms with van der Waals surface area (Å²) in [6.45, 7) is 1.99. The minimum atomic E-state index is -0.931. The van der Waals surface area contributed by atoms with Gasteiger partial charge in [-0.2, -0.15) is 0 Å². The zero-order chi connectivity index (χ0) is 16.1. The lowest BCUT2D eigenvalue weighted by molar-refractivity contribution is -0.137. The van der Waals surface area contributed by atoms with Crippen LogP contribution in [0, 0.1) is 6.92 Å². The number of carbonyl (C=O) groups excluding carboxylic acids is 1. The van der Waals surface area contributed by atoms with E-state index in [1.807, 2.05) is 37.3 Å². The molecule has 0 saturated heterocycles. The van der Waals surface area contributed by atoms with E-state index in [2.05, 4.69) is 10.3 Å². The number of hydrogen-bond donors (Lipinski definition) is 2. The number of aliphatic carboxylic acids is 1. The van der Waals surface area contributed by atoms with Crippen molar-refractivity contribution in [3.05, 3.63) is 36.0 Å². The number of aryl methyl sites for hydroxylation is 1. The van der Waals surface area contributed by atoms with Crippen LogP contribution in [0.4, 0.5) is 9.80 Å². The SMILES string of the molecule is Cc1nc(-c2ccccc2)sc1NC(=O)N(C)CCC(=O)O. The van der Waals surface area contributed by atoms with Gasteiger partial charge in [-0.05, 0) is 6.92 Å². The first-order chi connectivity index (χ1) is 10.5. The van der Waals surface area contributed by atoms with E-state index in [1.165, 1.54) is 16.2 Å². The summed E-state index contributed by atoms with van der Waals surface area (Å²) in [5, 5.41) is 12.9. The van der Waals surface area contributed by atoms with E-state index in [1.54, 1.807) is 7.05 Å². The molecule has 2 N–H and O–H groups in total. The molecule has 2 rings (SSSR count). The van der Waals surface area contributed by atoms with Crippen LogP contribution in [0.15, 0.2) is 30.3 Å². The number of carboxylic acids is 1. The maximum atomic E-state index is 12.0. The van der Waals surface area contributed by atoms with Gasteiger partial charge in [0.15, 0.2) is 0 Å². The highest BCUT2D eigenvalue weighted by molar-refractivity contribution is 7.19. The van der Waals surface area contributed by atoms with Gasteiger partial charge in [0.1, 0.15) is 10.0 Å². The predicted molar refractivity (Wildman–Crippen MR) is 86.2 cm³/mol. The van der Waals surface area contributed by atoms with Gasteiger partial charge in [-0.25, -0.2) is 9.78 Å². The molecule has 7 heteroatoms. The molecule has 0 spiro atoms. The number of amides is 2. The predicted octanol–water partition coefficient (Wildman–Crippen LogP) is 3.06. The van der Waals surface area contributed by atoms with Crippen molar-refractivity contribution < 1.29 is 14.7 Å². The Morgan fingerprint density at radius 3 is 2.64 bits per heavy atom. The highest BCUT2D eigenvalue weighted by Crippen LogP contribution is 2.31. The second-order valence-electron chi connectivity index (χ2n) is 4.80. The molecular formula is C15H17N3O3S. The van der Waals surface area contributed by atoms with Crippen molar-refractivity contribution in [2.75, 3.05) is 18.9 Å². The smallest absolute Gasteiger partial charge is 0.322 e. The summed E-state index contributed by atoms with van der Waals surface area (Å²) in [6, 6.07) is 9.39. The van der Waals surface area contributed by atoms with Crippen LogP contribution in [0.5, 0.6) is 0 Å². The Labute approximate surface area is 132 Å². The third-order valence-corrected chi connectivity index (χ3v) is 4.17. The number of nitrogens with zero attached hydrogens (tertiary/aromatic N) is 2. The third-order valence-electron chi connectivity index (χ3n) is 3.05. The van der Waals surface area contributed by atoms with Gasteiger partial charge in [0.05, 0.1) is 12.1 Å². The van der Waals surface area contributed by atoms with E-state index in [0.717, 1.165) is 16.3 Å². The first-order valence-electron chi connectivity index (χ1n) is 6.74. The maximum Gasteiger partial charge on any atom is 0.322 e. The van der Waals surface area contributed by atoms with E-state index >= 15 is 0 Å². The zero-order valence-corrected chi connectivity index (χ0v) is 13.2. The molecule has 0 bridgehead atoms. The Hall–Kier alpha value is -2.41. The Morgan fingerprint density at radius 1 is 1.32 bits per heavy atom. The fraction of sp³-hybridized carbons (Fsp3) is 0.267. The molecule has 0 aliphatic carbocycles. The van der Waals surface area contributed by atoms with Crippen molar-refractivity contribution in [2.24, 2.45) is 0 Å². The first-order valence-corrected chi connectivity index (χ1v) is 7.56. The molecule has 0 aliphatic rings. The van der Waals surface area contributed by atoms with Crippen LogP contribution in [0.2, 0.25) is 0 Å². The fourth-order valence-electron chi connectivity index (χ4n) is 1.77. The van der Waals surface area contributed by atoms with Gasteiger partial charge < -0.3 is 10.0 Å². The lowest BCUT2D eigenvalue weighted by Gasteiger charge is -2.16. The summed E-state index contributed by atoms with van der Waals surface area (Å²) in [5.74, 6) is -0.931. The summed E-state index contributed by atoms with van der Waals surface area (Å²) in [5.41, 5.74) is 1.74. The normalized spacial score (nSPS) is 10.3. The number of carbonyl (C=O) groups is 2. The molecule has 0 unspecified atom stereocenters. The number of carboxylic acid groups (broad SMARTS) is 1. The largest absolute Gasteiger partial charge is 0.481 e. The molecule has 1 aromatic heterocycles. The molecule has 2 aromatic rings. The van der Waals surface area contributed by atoms with Gasteiger partial charge in [0, 0.05) is 19.2 Å². The van der Waals surface area contributed by atoms with E-state index in [4.69, 9.17) is 5.11 Å². The summed E-state index contributed by atoms with van der Waals surface area (Å²) in [7, 11) is 1.56. The molecule has 0 radical (unpaired) electrons. The van der Waals surface area contributed by atoms with Gasteiger partial charge in [-0.15, -0.1) is 0 Å². The number of hydrogen-bond acceptors (Lipinski definition) is 4. The van der Waals surface area contributed by atoms with Crippen LogP contribution in [-0.2, 0) is 4.79 Å². The lowest BCUT2D eigenvalue weighted by atomic mass is 10.2. The molecule has 1 aromatic carbocycles. The van der Waals surface area contributed by atoms with Gasteiger partial charge >= 0.3 is 12.0 Å². The summed E-state index contributed by atoms with van der Waals surface area (Å²) in [6.07, 6.45) is -0.0825. The van der Waals surface area contributed by atoms with Crippen LogP contribution in [0.3, 0.4) is 0 Å². The molecule has 22 heavy (non-hydrogen) atoms. The summed E-state index contributed by atoms with van der Waals surface area (Å²) in [4.78, 5) is 28.4. The number of thiazole rings is 1. The summed E-state index contributed by atoms with van der Waals surface area (Å²) < 4.78 is 0. The number of aromatic nitrogens is 1. The van der Waals surface area contributed by atoms with Crippen LogP contribution < -0.4 is 5.32 Å². The number of nitrogens with one attached hydrogen (secondary N) is 1. The molecule has 0 atom stereocenters. The second kappa shape index (κ2) is 7.04. The van der Waals surface area contributed by atoms with E-state index < -0.39 is 5.97 Å². The third kappa shape index (κ3) is 4.05. The topological polar surface area (TPSA) is 82.5 Å². The fourth-order valence-corrected chi connectivity index (χ4v) is 2.74. The number of urea groups is 1. The van der Waals surface area contributed by atoms with Crippen LogP contribution >= 0.6 is 11.3 Å². The molecule has 2 amide bonds. The van der Waals surface area contributed by atoms with Crippen LogP contribution in [-0.4, -0.2) is 40.6 Å². The standard InChI is InChI=1S/C15H17N3O3S/c1-10-13(17-15(21)18(2)9-8-12(19)20)22-14(16-10)11-6-4-3-5-7-11/h3-7H,8-9H2,1-2H3,(H,17,21)(H,19,20). The summed E-state index contributed by atoms with van der Waals surface area (Å²) >= 11 is 1.40. The molecule has 1 heterocycles. The Kier molecular flexibility index (Phi) is 5.11. The number of benzene rings is 1. The highest BCUT2D eigenvalue weighted by atomic mass is 32.1. The second-order valence-corrected chi connectivity index (χ2v) is 5.79. The van der Waals surface area contributed by atoms with Crippen molar-refractivity contribution in [2.45, 2.75) is 13.3 Å². The van der Waals surface area contributed by atoms with Crippen molar-refractivity contribution in [1.82, 2.24) is 9.88 Å².